The Hall–Kier alpha value is -3.31. The van der Waals surface area contributed by atoms with Crippen molar-refractivity contribution in [1.82, 2.24) is 4.90 Å². The number of hydrogen-bond donors (Lipinski definition) is 1. The van der Waals surface area contributed by atoms with E-state index in [4.69, 9.17) is 11.6 Å². The second kappa shape index (κ2) is 11.9. The van der Waals surface area contributed by atoms with Gasteiger partial charge >= 0.3 is 0 Å². The highest BCUT2D eigenvalue weighted by atomic mass is 35.5. The van der Waals surface area contributed by atoms with E-state index in [0.717, 1.165) is 16.8 Å². The van der Waals surface area contributed by atoms with Crippen molar-refractivity contribution in [1.29, 1.82) is 0 Å². The van der Waals surface area contributed by atoms with E-state index in [0.29, 0.717) is 29.2 Å². The molecule has 6 heteroatoms. The monoisotopic (exact) mass is 491 g/mol. The molecule has 1 atom stereocenters. The maximum atomic E-state index is 13.8. The summed E-state index contributed by atoms with van der Waals surface area (Å²) in [5, 5.41) is 3.42. The number of nitrogens with zero attached hydrogens (tertiary/aromatic N) is 2. The summed E-state index contributed by atoms with van der Waals surface area (Å²) in [6.07, 6.45) is 0.451. The molecular weight excluding hydrogens is 458 g/mol. The first-order valence-electron chi connectivity index (χ1n) is 11.9. The van der Waals surface area contributed by atoms with Gasteiger partial charge in [0.15, 0.2) is 0 Å². The topological polar surface area (TPSA) is 52.7 Å². The first-order chi connectivity index (χ1) is 16.7. The zero-order chi connectivity index (χ0) is 25.5. The fourth-order valence-corrected chi connectivity index (χ4v) is 4.29. The van der Waals surface area contributed by atoms with E-state index in [-0.39, 0.29) is 23.8 Å². The zero-order valence-corrected chi connectivity index (χ0v) is 21.8. The summed E-state index contributed by atoms with van der Waals surface area (Å²) in [6.45, 7) is 6.40. The van der Waals surface area contributed by atoms with Crippen molar-refractivity contribution in [2.75, 3.05) is 24.3 Å². The third-order valence-electron chi connectivity index (χ3n) is 5.89. The van der Waals surface area contributed by atoms with Crippen LogP contribution in [0.3, 0.4) is 0 Å². The molecule has 0 aliphatic carbocycles. The van der Waals surface area contributed by atoms with Crippen LogP contribution in [0.1, 0.15) is 54.7 Å². The molecule has 3 aromatic carbocycles. The molecule has 0 saturated heterocycles. The molecule has 0 saturated carbocycles. The second-order valence-corrected chi connectivity index (χ2v) is 9.79. The van der Waals surface area contributed by atoms with Crippen molar-refractivity contribution in [2.24, 2.45) is 5.92 Å². The van der Waals surface area contributed by atoms with Gasteiger partial charge in [-0.1, -0.05) is 67.9 Å². The molecule has 2 amide bonds. The number of carbonyl (C=O) groups is 2. The third kappa shape index (κ3) is 6.86. The molecule has 0 aliphatic rings. The molecule has 0 aliphatic heterocycles. The molecule has 0 spiro atoms. The lowest BCUT2D eigenvalue weighted by Gasteiger charge is -2.32. The van der Waals surface area contributed by atoms with Crippen LogP contribution in [0.4, 0.5) is 11.4 Å². The summed E-state index contributed by atoms with van der Waals surface area (Å²) in [6, 6.07) is 22.7. The zero-order valence-electron chi connectivity index (χ0n) is 21.1. The van der Waals surface area contributed by atoms with E-state index in [1.165, 1.54) is 0 Å². The minimum atomic E-state index is -0.200. The number of halogens is 1. The molecular formula is C29H34ClN3O2. The number of carbonyl (C=O) groups excluding carboxylic acids is 2. The normalized spacial score (nSPS) is 11.7. The van der Waals surface area contributed by atoms with Gasteiger partial charge in [0, 0.05) is 38.4 Å². The van der Waals surface area contributed by atoms with Gasteiger partial charge < -0.3 is 15.1 Å². The van der Waals surface area contributed by atoms with Crippen LogP contribution in [0.2, 0.25) is 5.02 Å². The van der Waals surface area contributed by atoms with Crippen LogP contribution in [0.25, 0.3) is 0 Å². The van der Waals surface area contributed by atoms with Gasteiger partial charge in [-0.3, -0.25) is 9.59 Å². The number of nitrogens with one attached hydrogen (secondary N) is 1. The Morgan fingerprint density at radius 1 is 0.914 bits per heavy atom. The average molecular weight is 492 g/mol. The van der Waals surface area contributed by atoms with Crippen LogP contribution >= 0.6 is 11.6 Å². The number of benzene rings is 3. The summed E-state index contributed by atoms with van der Waals surface area (Å²) >= 11 is 6.42. The maximum Gasteiger partial charge on any atom is 0.256 e. The summed E-state index contributed by atoms with van der Waals surface area (Å²) in [4.78, 5) is 30.1. The Morgan fingerprint density at radius 2 is 1.57 bits per heavy atom. The molecule has 3 rings (SSSR count). The molecule has 0 heterocycles. The second-order valence-electron chi connectivity index (χ2n) is 9.38. The van der Waals surface area contributed by atoms with Gasteiger partial charge in [-0.2, -0.15) is 0 Å². The number of amides is 2. The van der Waals surface area contributed by atoms with Crippen LogP contribution in [0.15, 0.2) is 72.8 Å². The number of rotatable bonds is 9. The van der Waals surface area contributed by atoms with Crippen molar-refractivity contribution in [2.45, 2.75) is 39.8 Å². The molecule has 3 aromatic rings. The largest absolute Gasteiger partial charge is 0.377 e. The van der Waals surface area contributed by atoms with E-state index < -0.39 is 0 Å². The fourth-order valence-electron chi connectivity index (χ4n) is 4.08. The highest BCUT2D eigenvalue weighted by Crippen LogP contribution is 2.31. The predicted molar refractivity (Wildman–Crippen MR) is 145 cm³/mol. The van der Waals surface area contributed by atoms with E-state index in [9.17, 15) is 9.59 Å². The van der Waals surface area contributed by atoms with Gasteiger partial charge in [-0.25, -0.2) is 0 Å². The van der Waals surface area contributed by atoms with Crippen LogP contribution < -0.4 is 10.2 Å². The molecule has 35 heavy (non-hydrogen) atoms. The summed E-state index contributed by atoms with van der Waals surface area (Å²) in [5.41, 5.74) is 4.11. The first-order valence-corrected chi connectivity index (χ1v) is 12.3. The van der Waals surface area contributed by atoms with Crippen molar-refractivity contribution >= 4 is 34.8 Å². The number of anilines is 2. The molecule has 184 valence electrons. The first kappa shape index (κ1) is 26.3. The van der Waals surface area contributed by atoms with Crippen LogP contribution in [0, 0.1) is 5.92 Å². The highest BCUT2D eigenvalue weighted by Gasteiger charge is 2.26. The summed E-state index contributed by atoms with van der Waals surface area (Å²) < 4.78 is 0. The minimum Gasteiger partial charge on any atom is -0.377 e. The van der Waals surface area contributed by atoms with Gasteiger partial charge in [-0.05, 0) is 54.3 Å². The van der Waals surface area contributed by atoms with Gasteiger partial charge in [0.1, 0.15) is 0 Å². The molecule has 5 nitrogen and oxygen atoms in total. The SMILES string of the molecule is CC(C)CC(=O)Nc1ccc(N(C)C)c(CN(C(=O)c2ccccc2Cl)[C@@H](C)c2ccccc2)c1. The summed E-state index contributed by atoms with van der Waals surface area (Å²) in [7, 11) is 3.94. The quantitative estimate of drug-likeness (QED) is 0.358. The Bertz CT molecular complexity index is 1160. The van der Waals surface area contributed by atoms with Crippen molar-refractivity contribution < 1.29 is 9.59 Å². The lowest BCUT2D eigenvalue weighted by Crippen LogP contribution is -2.34. The lowest BCUT2D eigenvalue weighted by atomic mass is 10.0. The maximum absolute atomic E-state index is 13.8. The molecule has 0 aromatic heterocycles. The smallest absolute Gasteiger partial charge is 0.256 e. The highest BCUT2D eigenvalue weighted by molar-refractivity contribution is 6.33. The molecule has 0 radical (unpaired) electrons. The van der Waals surface area contributed by atoms with Gasteiger partial charge in [-0.15, -0.1) is 0 Å². The van der Waals surface area contributed by atoms with E-state index >= 15 is 0 Å². The van der Waals surface area contributed by atoms with Crippen molar-refractivity contribution in [3.63, 3.8) is 0 Å². The Kier molecular flexibility index (Phi) is 8.94. The van der Waals surface area contributed by atoms with Crippen molar-refractivity contribution in [3.8, 4) is 0 Å². The van der Waals surface area contributed by atoms with Gasteiger partial charge in [0.2, 0.25) is 5.91 Å². The third-order valence-corrected chi connectivity index (χ3v) is 6.22. The van der Waals surface area contributed by atoms with E-state index in [1.807, 2.05) is 105 Å². The number of hydrogen-bond acceptors (Lipinski definition) is 3. The molecule has 0 fully saturated rings. The fraction of sp³-hybridized carbons (Fsp3) is 0.310. The molecule has 0 unspecified atom stereocenters. The summed E-state index contributed by atoms with van der Waals surface area (Å²) in [5.74, 6) is 0.0992. The minimum absolute atomic E-state index is 0.0230. The Morgan fingerprint density at radius 3 is 2.20 bits per heavy atom. The van der Waals surface area contributed by atoms with Crippen molar-refractivity contribution in [3.05, 3.63) is 94.5 Å². The average Bonchev–Trinajstić information content (AvgIpc) is 2.82. The van der Waals surface area contributed by atoms with Crippen LogP contribution in [-0.4, -0.2) is 30.8 Å². The standard InChI is InChI=1S/C29H34ClN3O2/c1-20(2)17-28(34)31-24-15-16-27(32(4)5)23(18-24)19-33(21(3)22-11-7-6-8-12-22)29(35)25-13-9-10-14-26(25)30/h6-16,18,20-21H,17,19H2,1-5H3,(H,31,34)/t21-/m0/s1. The Balaban J connectivity index is 2.02. The van der Waals surface area contributed by atoms with Crippen LogP contribution in [0.5, 0.6) is 0 Å². The van der Waals surface area contributed by atoms with Gasteiger partial charge in [0.05, 0.1) is 16.6 Å². The van der Waals surface area contributed by atoms with Crippen LogP contribution in [-0.2, 0) is 11.3 Å². The van der Waals surface area contributed by atoms with E-state index in [1.54, 1.807) is 12.1 Å². The van der Waals surface area contributed by atoms with Gasteiger partial charge in [0.25, 0.3) is 5.91 Å². The molecule has 1 N–H and O–H groups in total. The van der Waals surface area contributed by atoms with E-state index in [2.05, 4.69) is 5.32 Å². The molecule has 0 bridgehead atoms. The Labute approximate surface area is 213 Å². The lowest BCUT2D eigenvalue weighted by molar-refractivity contribution is -0.116. The predicted octanol–water partition coefficient (Wildman–Crippen LogP) is 6.79.